The molecule has 0 amide bonds. The van der Waals surface area contributed by atoms with Gasteiger partial charge in [-0.15, -0.1) is 11.3 Å². The van der Waals surface area contributed by atoms with E-state index in [2.05, 4.69) is 85.8 Å². The number of aromatic nitrogens is 4. The number of nitrogens with zero attached hydrogens (tertiary/aromatic N) is 4. The lowest BCUT2D eigenvalue weighted by Crippen LogP contribution is -2.07. The Morgan fingerprint density at radius 3 is 2.26 bits per heavy atom. The monoisotopic (exact) mass is 714 g/mol. The first-order valence-electron chi connectivity index (χ1n) is 18.1. The Hall–Kier alpha value is -6.70. The highest BCUT2D eigenvalue weighted by molar-refractivity contribution is 7.26. The maximum atomic E-state index is 6.49. The van der Waals surface area contributed by atoms with Gasteiger partial charge in [0, 0.05) is 47.6 Å². The Morgan fingerprint density at radius 1 is 0.574 bits per heavy atom. The van der Waals surface area contributed by atoms with Gasteiger partial charge < -0.3 is 8.83 Å². The predicted octanol–water partition coefficient (Wildman–Crippen LogP) is 12.8. The number of benzene rings is 6. The second-order valence-corrected chi connectivity index (χ2v) is 15.0. The van der Waals surface area contributed by atoms with Crippen LogP contribution < -0.4 is 0 Å². The molecule has 0 spiro atoms. The van der Waals surface area contributed by atoms with Gasteiger partial charge >= 0.3 is 0 Å². The number of fused-ring (bicyclic) bond motifs is 7. The molecule has 54 heavy (non-hydrogen) atoms. The summed E-state index contributed by atoms with van der Waals surface area (Å²) in [6.07, 6.45) is 5.49. The Bertz CT molecular complexity index is 3140. The summed E-state index contributed by atoms with van der Waals surface area (Å²) in [6, 6.07) is 45.4. The molecule has 0 fully saturated rings. The van der Waals surface area contributed by atoms with E-state index in [-0.39, 0.29) is 0 Å². The number of hydrogen-bond donors (Lipinski definition) is 0. The topological polar surface area (TPSA) is 77.8 Å². The van der Waals surface area contributed by atoms with E-state index >= 15 is 0 Å². The lowest BCUT2D eigenvalue weighted by molar-refractivity contribution is 0.619. The maximum Gasteiger partial charge on any atom is 0.227 e. The van der Waals surface area contributed by atoms with Gasteiger partial charge in [-0.3, -0.25) is 0 Å². The van der Waals surface area contributed by atoms with E-state index in [1.165, 1.54) is 31.3 Å². The number of para-hydroxylation sites is 2. The van der Waals surface area contributed by atoms with Gasteiger partial charge in [-0.05, 0) is 77.6 Å². The first-order chi connectivity index (χ1) is 26.6. The van der Waals surface area contributed by atoms with Crippen LogP contribution in [0.4, 0.5) is 0 Å². The van der Waals surface area contributed by atoms with Crippen LogP contribution in [0.1, 0.15) is 24.7 Å². The Balaban J connectivity index is 1.07. The molecule has 6 aromatic carbocycles. The Labute approximate surface area is 313 Å². The summed E-state index contributed by atoms with van der Waals surface area (Å²) in [6.45, 7) is 2.27. The van der Waals surface area contributed by atoms with Crippen LogP contribution in [0, 0.1) is 5.92 Å². The first kappa shape index (κ1) is 30.9. The molecule has 1 aliphatic rings. The van der Waals surface area contributed by atoms with Gasteiger partial charge in [0.2, 0.25) is 5.89 Å². The third kappa shape index (κ3) is 5.08. The van der Waals surface area contributed by atoms with Gasteiger partial charge in [0.05, 0.1) is 0 Å². The quantitative estimate of drug-likeness (QED) is 0.177. The maximum absolute atomic E-state index is 6.49. The van der Waals surface area contributed by atoms with Gasteiger partial charge in [-0.2, -0.15) is 0 Å². The van der Waals surface area contributed by atoms with Gasteiger partial charge in [0.1, 0.15) is 16.7 Å². The number of allylic oxidation sites excluding steroid dienone is 4. The van der Waals surface area contributed by atoms with Gasteiger partial charge in [-0.1, -0.05) is 104 Å². The zero-order valence-corrected chi connectivity index (χ0v) is 30.0. The van der Waals surface area contributed by atoms with Gasteiger partial charge in [0.15, 0.2) is 23.1 Å². The molecule has 10 aromatic rings. The van der Waals surface area contributed by atoms with Crippen LogP contribution in [0.3, 0.4) is 0 Å². The SMILES string of the molecule is CC1C=C(c2cccc3c2sc2ccccc23)C=C(c2nc(-c3ccccc3)nc(-c3cccc4oc5cc(-c6nc7ccccc7o6)ccc5c34)n2)C1. The smallest absolute Gasteiger partial charge is 0.227 e. The van der Waals surface area contributed by atoms with Crippen molar-refractivity contribution < 1.29 is 8.83 Å². The molecule has 0 saturated heterocycles. The zero-order valence-electron chi connectivity index (χ0n) is 29.2. The average Bonchev–Trinajstić information content (AvgIpc) is 3.94. The highest BCUT2D eigenvalue weighted by atomic mass is 32.1. The van der Waals surface area contributed by atoms with E-state index in [4.69, 9.17) is 28.8 Å². The van der Waals surface area contributed by atoms with Crippen LogP contribution in [-0.2, 0) is 0 Å². The summed E-state index contributed by atoms with van der Waals surface area (Å²) in [5.74, 6) is 2.77. The standard InChI is InChI=1S/C47H30N4O2S/c1-27-23-30(32-14-9-15-34-33-13-5-8-20-41(33)54-43(32)34)25-31(24-27)45-49-44(28-11-3-2-4-12-28)50-46(51-45)36-16-10-19-39-42(36)35-22-21-29(26-40(35)52-39)47-48-37-17-6-7-18-38(37)53-47/h2-23,25-27H,24H2,1H3. The fourth-order valence-corrected chi connectivity index (χ4v) is 9.04. The van der Waals surface area contributed by atoms with Crippen LogP contribution >= 0.6 is 11.3 Å². The van der Waals surface area contributed by atoms with Crippen LogP contribution in [0.2, 0.25) is 0 Å². The second kappa shape index (κ2) is 12.2. The average molecular weight is 715 g/mol. The summed E-state index contributed by atoms with van der Waals surface area (Å²) < 4.78 is 15.2. The van der Waals surface area contributed by atoms with Crippen LogP contribution in [0.25, 0.3) is 98.6 Å². The van der Waals surface area contributed by atoms with Crippen molar-refractivity contribution in [2.45, 2.75) is 13.3 Å². The lowest BCUT2D eigenvalue weighted by atomic mass is 9.87. The van der Waals surface area contributed by atoms with E-state index in [0.717, 1.165) is 61.7 Å². The second-order valence-electron chi connectivity index (χ2n) is 13.9. The molecule has 6 nitrogen and oxygen atoms in total. The van der Waals surface area contributed by atoms with E-state index < -0.39 is 0 Å². The van der Waals surface area contributed by atoms with Gasteiger partial charge in [-0.25, -0.2) is 19.9 Å². The number of thiophene rings is 1. The number of hydrogen-bond acceptors (Lipinski definition) is 7. The largest absolute Gasteiger partial charge is 0.456 e. The summed E-state index contributed by atoms with van der Waals surface area (Å²) in [4.78, 5) is 20.2. The van der Waals surface area contributed by atoms with Crippen molar-refractivity contribution in [2.24, 2.45) is 5.92 Å². The zero-order chi connectivity index (χ0) is 35.8. The fraction of sp³-hybridized carbons (Fsp3) is 0.0638. The van der Waals surface area contributed by atoms with Crippen molar-refractivity contribution in [3.05, 3.63) is 157 Å². The number of furan rings is 1. The molecule has 1 aliphatic carbocycles. The van der Waals surface area contributed by atoms with E-state index in [9.17, 15) is 0 Å². The number of rotatable bonds is 5. The van der Waals surface area contributed by atoms with Crippen LogP contribution in [0.15, 0.2) is 154 Å². The molecular weight excluding hydrogens is 685 g/mol. The van der Waals surface area contributed by atoms with Crippen LogP contribution in [0.5, 0.6) is 0 Å². The van der Waals surface area contributed by atoms with E-state index in [0.29, 0.717) is 29.3 Å². The molecule has 0 aliphatic heterocycles. The Morgan fingerprint density at radius 2 is 1.33 bits per heavy atom. The van der Waals surface area contributed by atoms with Gasteiger partial charge in [0.25, 0.3) is 0 Å². The minimum Gasteiger partial charge on any atom is -0.456 e. The molecule has 7 heteroatoms. The lowest BCUT2D eigenvalue weighted by Gasteiger charge is -2.20. The predicted molar refractivity (Wildman–Crippen MR) is 220 cm³/mol. The minimum atomic E-state index is 0.293. The molecule has 1 atom stereocenters. The summed E-state index contributed by atoms with van der Waals surface area (Å²) >= 11 is 1.85. The third-order valence-corrected chi connectivity index (χ3v) is 11.5. The van der Waals surface area contributed by atoms with E-state index in [1.807, 2.05) is 78.1 Å². The molecule has 0 N–H and O–H groups in total. The first-order valence-corrected chi connectivity index (χ1v) is 18.9. The molecule has 1 unspecified atom stereocenters. The third-order valence-electron chi connectivity index (χ3n) is 10.3. The minimum absolute atomic E-state index is 0.293. The molecule has 0 bridgehead atoms. The number of oxazole rings is 1. The Kier molecular flexibility index (Phi) is 6.97. The van der Waals surface area contributed by atoms with E-state index in [1.54, 1.807) is 0 Å². The molecule has 4 heterocycles. The van der Waals surface area contributed by atoms with Crippen molar-refractivity contribution in [3.8, 4) is 34.2 Å². The van der Waals surface area contributed by atoms with Crippen LogP contribution in [-0.4, -0.2) is 19.9 Å². The summed E-state index contributed by atoms with van der Waals surface area (Å²) in [7, 11) is 0. The van der Waals surface area contributed by atoms with Crippen molar-refractivity contribution >= 4 is 75.7 Å². The fourth-order valence-electron chi connectivity index (χ4n) is 7.80. The molecule has 4 aromatic heterocycles. The molecule has 0 radical (unpaired) electrons. The van der Waals surface area contributed by atoms with Crippen molar-refractivity contribution in [3.63, 3.8) is 0 Å². The molecule has 11 rings (SSSR count). The van der Waals surface area contributed by atoms with Crippen molar-refractivity contribution in [1.29, 1.82) is 0 Å². The summed E-state index contributed by atoms with van der Waals surface area (Å²) in [5.41, 5.74) is 9.26. The van der Waals surface area contributed by atoms with Crippen molar-refractivity contribution in [2.75, 3.05) is 0 Å². The molecule has 0 saturated carbocycles. The highest BCUT2D eigenvalue weighted by Gasteiger charge is 2.23. The molecule has 256 valence electrons. The highest BCUT2D eigenvalue weighted by Crippen LogP contribution is 2.42. The normalized spacial score (nSPS) is 14.7. The molecular formula is C47H30N4O2S. The van der Waals surface area contributed by atoms with Crippen molar-refractivity contribution in [1.82, 2.24) is 19.9 Å². The summed E-state index contributed by atoms with van der Waals surface area (Å²) in [5, 5.41) is 4.51.